The number of hydrogen-bond acceptors (Lipinski definition) is 2. The molecule has 1 N–H and O–H groups in total. The average molecular weight is 445 g/mol. The minimum absolute atomic E-state index is 0.152. The van der Waals surface area contributed by atoms with Gasteiger partial charge >= 0.3 is 0 Å². The largest absolute Gasteiger partial charge is 0.296 e. The van der Waals surface area contributed by atoms with Crippen molar-refractivity contribution in [1.82, 2.24) is 0 Å². The van der Waals surface area contributed by atoms with E-state index in [1.54, 1.807) is 0 Å². The molecule has 0 aliphatic rings. The third-order valence-electron chi connectivity index (χ3n) is 5.66. The van der Waals surface area contributed by atoms with Gasteiger partial charge in [0.15, 0.2) is 0 Å². The number of halogens is 1. The third kappa shape index (κ3) is 10.8. The van der Waals surface area contributed by atoms with Crippen molar-refractivity contribution in [2.24, 2.45) is 0 Å². The monoisotopic (exact) mass is 444 g/mol. The Hall–Kier alpha value is -0.580. The number of benzene rings is 1. The summed E-state index contributed by atoms with van der Waals surface area (Å²) in [6, 6.07) is 3.31. The molecule has 0 aromatic heterocycles. The average Bonchev–Trinajstić information content (AvgIpc) is 2.67. The molecular formula is C24H41ClO3S. The minimum atomic E-state index is -4.29. The van der Waals surface area contributed by atoms with Crippen LogP contribution in [-0.2, 0) is 23.0 Å². The van der Waals surface area contributed by atoms with E-state index >= 15 is 0 Å². The van der Waals surface area contributed by atoms with E-state index in [0.717, 1.165) is 43.2 Å². The quantitative estimate of drug-likeness (QED) is 0.194. The molecule has 0 saturated carbocycles. The van der Waals surface area contributed by atoms with Crippen molar-refractivity contribution in [1.29, 1.82) is 0 Å². The Balaban J connectivity index is 2.65. The highest BCUT2D eigenvalue weighted by Crippen LogP contribution is 2.31. The first kappa shape index (κ1) is 26.5. The van der Waals surface area contributed by atoms with Gasteiger partial charge in [0.1, 0.15) is 4.90 Å². The van der Waals surface area contributed by atoms with Crippen molar-refractivity contribution >= 4 is 21.7 Å². The molecule has 0 radical (unpaired) electrons. The van der Waals surface area contributed by atoms with Gasteiger partial charge in [-0.1, -0.05) is 109 Å². The van der Waals surface area contributed by atoms with Crippen molar-refractivity contribution in [3.05, 3.63) is 28.3 Å². The van der Waals surface area contributed by atoms with Crippen LogP contribution in [0.3, 0.4) is 0 Å². The van der Waals surface area contributed by atoms with Gasteiger partial charge in [-0.15, -0.1) is 0 Å². The highest BCUT2D eigenvalue weighted by atomic mass is 35.5. The second-order valence-electron chi connectivity index (χ2n) is 8.23. The number of aryl methyl sites for hydroxylation is 1. The van der Waals surface area contributed by atoms with Gasteiger partial charge in [-0.05, 0) is 42.9 Å². The Labute approximate surface area is 184 Å². The van der Waals surface area contributed by atoms with Crippen LogP contribution in [-0.4, -0.2) is 13.0 Å². The van der Waals surface area contributed by atoms with E-state index in [-0.39, 0.29) is 9.92 Å². The summed E-state index contributed by atoms with van der Waals surface area (Å²) >= 11 is 6.44. The third-order valence-corrected chi connectivity index (χ3v) is 7.10. The number of rotatable bonds is 17. The molecule has 0 aliphatic heterocycles. The summed E-state index contributed by atoms with van der Waals surface area (Å²) in [7, 11) is -4.29. The van der Waals surface area contributed by atoms with Crippen molar-refractivity contribution in [3.63, 3.8) is 0 Å². The van der Waals surface area contributed by atoms with Gasteiger partial charge in [-0.2, -0.15) is 8.42 Å². The van der Waals surface area contributed by atoms with Gasteiger partial charge in [0.2, 0.25) is 0 Å². The standard InChI is InChI=1S/C24H41ClO3S/c1-3-5-7-9-11-13-15-17-21-19-20-23(29(26,27)28)24(25)22(21)18-16-14-12-10-8-6-4-2/h19-20H,3-18H2,1-2H3,(H,26,27,28). The Morgan fingerprint density at radius 3 is 1.66 bits per heavy atom. The second-order valence-corrected chi connectivity index (χ2v) is 10.0. The van der Waals surface area contributed by atoms with E-state index in [1.807, 2.05) is 6.07 Å². The molecule has 0 atom stereocenters. The zero-order valence-electron chi connectivity index (χ0n) is 18.5. The molecule has 1 aromatic rings. The lowest BCUT2D eigenvalue weighted by atomic mass is 9.96. The normalized spacial score (nSPS) is 11.9. The van der Waals surface area contributed by atoms with Crippen LogP contribution in [0.2, 0.25) is 5.02 Å². The first-order valence-electron chi connectivity index (χ1n) is 11.7. The Morgan fingerprint density at radius 2 is 1.17 bits per heavy atom. The van der Waals surface area contributed by atoms with E-state index in [4.69, 9.17) is 11.6 Å². The molecule has 3 nitrogen and oxygen atoms in total. The first-order chi connectivity index (χ1) is 13.9. The summed E-state index contributed by atoms with van der Waals surface area (Å²) in [6.07, 6.45) is 18.9. The maximum atomic E-state index is 11.7. The van der Waals surface area contributed by atoms with E-state index in [9.17, 15) is 13.0 Å². The lowest BCUT2D eigenvalue weighted by Gasteiger charge is -2.14. The van der Waals surface area contributed by atoms with E-state index in [0.29, 0.717) is 0 Å². The van der Waals surface area contributed by atoms with E-state index in [1.165, 1.54) is 76.7 Å². The van der Waals surface area contributed by atoms with Crippen molar-refractivity contribution in [2.75, 3.05) is 0 Å². The molecule has 29 heavy (non-hydrogen) atoms. The smallest absolute Gasteiger partial charge is 0.282 e. The zero-order chi connectivity index (χ0) is 21.5. The Bertz CT molecular complexity index is 671. The molecule has 168 valence electrons. The minimum Gasteiger partial charge on any atom is -0.282 e. The van der Waals surface area contributed by atoms with Crippen molar-refractivity contribution < 1.29 is 13.0 Å². The molecule has 0 amide bonds. The Kier molecular flexibility index (Phi) is 13.9. The van der Waals surface area contributed by atoms with Gasteiger partial charge in [0, 0.05) is 0 Å². The van der Waals surface area contributed by atoms with Crippen LogP contribution in [0.15, 0.2) is 17.0 Å². The molecule has 0 aliphatic carbocycles. The zero-order valence-corrected chi connectivity index (χ0v) is 20.1. The van der Waals surface area contributed by atoms with Crippen molar-refractivity contribution in [3.8, 4) is 0 Å². The van der Waals surface area contributed by atoms with Crippen LogP contribution in [0.4, 0.5) is 0 Å². The fraction of sp³-hybridized carbons (Fsp3) is 0.750. The predicted molar refractivity (Wildman–Crippen MR) is 125 cm³/mol. The summed E-state index contributed by atoms with van der Waals surface area (Å²) in [5.74, 6) is 0. The SMILES string of the molecule is CCCCCCCCCc1ccc(S(=O)(=O)O)c(Cl)c1CCCCCCCCC. The summed E-state index contributed by atoms with van der Waals surface area (Å²) in [5, 5.41) is 0.221. The molecular weight excluding hydrogens is 404 g/mol. The highest BCUT2D eigenvalue weighted by molar-refractivity contribution is 7.86. The lowest BCUT2D eigenvalue weighted by Crippen LogP contribution is -2.05. The molecule has 0 fully saturated rings. The summed E-state index contributed by atoms with van der Waals surface area (Å²) in [4.78, 5) is -0.152. The predicted octanol–water partition coefficient (Wildman–Crippen LogP) is 8.17. The highest BCUT2D eigenvalue weighted by Gasteiger charge is 2.19. The van der Waals surface area contributed by atoms with Crippen LogP contribution < -0.4 is 0 Å². The molecule has 1 aromatic carbocycles. The Morgan fingerprint density at radius 1 is 0.724 bits per heavy atom. The summed E-state index contributed by atoms with van der Waals surface area (Å²) in [5.41, 5.74) is 2.06. The molecule has 0 bridgehead atoms. The molecule has 1 rings (SSSR count). The van der Waals surface area contributed by atoms with Crippen LogP contribution in [0.25, 0.3) is 0 Å². The lowest BCUT2D eigenvalue weighted by molar-refractivity contribution is 0.483. The maximum Gasteiger partial charge on any atom is 0.296 e. The maximum absolute atomic E-state index is 11.7. The molecule has 5 heteroatoms. The molecule has 0 heterocycles. The van der Waals surface area contributed by atoms with Gasteiger partial charge in [-0.3, -0.25) is 4.55 Å². The molecule has 0 spiro atoms. The van der Waals surface area contributed by atoms with E-state index in [2.05, 4.69) is 13.8 Å². The number of unbranched alkanes of at least 4 members (excludes halogenated alkanes) is 12. The van der Waals surface area contributed by atoms with E-state index < -0.39 is 10.1 Å². The molecule has 0 unspecified atom stereocenters. The second kappa shape index (κ2) is 15.3. The van der Waals surface area contributed by atoms with Gasteiger partial charge < -0.3 is 0 Å². The van der Waals surface area contributed by atoms with Gasteiger partial charge in [0.05, 0.1) is 5.02 Å². The van der Waals surface area contributed by atoms with Crippen LogP contribution in [0.5, 0.6) is 0 Å². The molecule has 0 saturated heterocycles. The topological polar surface area (TPSA) is 54.4 Å². The van der Waals surface area contributed by atoms with Crippen molar-refractivity contribution in [2.45, 2.75) is 121 Å². The van der Waals surface area contributed by atoms with Crippen LogP contribution >= 0.6 is 11.6 Å². The van der Waals surface area contributed by atoms with Crippen LogP contribution in [0.1, 0.15) is 115 Å². The first-order valence-corrected chi connectivity index (χ1v) is 13.5. The fourth-order valence-corrected chi connectivity index (χ4v) is 5.04. The van der Waals surface area contributed by atoms with Gasteiger partial charge in [0.25, 0.3) is 10.1 Å². The summed E-state index contributed by atoms with van der Waals surface area (Å²) in [6.45, 7) is 4.45. The number of hydrogen-bond donors (Lipinski definition) is 1. The van der Waals surface area contributed by atoms with Crippen LogP contribution in [0, 0.1) is 0 Å². The fourth-order valence-electron chi connectivity index (χ4n) is 3.87. The van der Waals surface area contributed by atoms with Gasteiger partial charge in [-0.25, -0.2) is 0 Å². The summed E-state index contributed by atoms with van der Waals surface area (Å²) < 4.78 is 32.8.